The van der Waals surface area contributed by atoms with Crippen molar-refractivity contribution in [3.05, 3.63) is 18.2 Å². The molecule has 0 fully saturated rings. The molecule has 3 nitrogen and oxygen atoms in total. The molecule has 0 radical (unpaired) electrons. The maximum absolute atomic E-state index is 5.83. The van der Waals surface area contributed by atoms with Crippen molar-refractivity contribution in [1.29, 1.82) is 0 Å². The van der Waals surface area contributed by atoms with E-state index in [1.807, 2.05) is 18.2 Å². The van der Waals surface area contributed by atoms with Gasteiger partial charge in [-0.05, 0) is 30.9 Å². The molecule has 0 aliphatic heterocycles. The summed E-state index contributed by atoms with van der Waals surface area (Å²) >= 11 is 0. The Balaban J connectivity index is 2.55. The Bertz CT molecular complexity index is 337. The summed E-state index contributed by atoms with van der Waals surface area (Å²) in [5, 5.41) is 0. The van der Waals surface area contributed by atoms with E-state index in [4.69, 9.17) is 15.2 Å². The first kappa shape index (κ1) is 13.7. The molecule has 17 heavy (non-hydrogen) atoms. The van der Waals surface area contributed by atoms with Crippen LogP contribution in [0.25, 0.3) is 0 Å². The van der Waals surface area contributed by atoms with Crippen molar-refractivity contribution in [3.8, 4) is 11.5 Å². The van der Waals surface area contributed by atoms with E-state index in [-0.39, 0.29) is 0 Å². The molecule has 0 spiro atoms. The number of nitrogen functional groups attached to an aromatic ring is 1. The van der Waals surface area contributed by atoms with Crippen molar-refractivity contribution in [2.24, 2.45) is 5.92 Å². The van der Waals surface area contributed by atoms with Crippen LogP contribution in [-0.4, -0.2) is 13.2 Å². The first-order valence-corrected chi connectivity index (χ1v) is 6.28. The van der Waals surface area contributed by atoms with Gasteiger partial charge in [-0.2, -0.15) is 0 Å². The number of benzene rings is 1. The molecule has 1 aromatic carbocycles. The van der Waals surface area contributed by atoms with Gasteiger partial charge in [0.1, 0.15) is 11.5 Å². The van der Waals surface area contributed by atoms with Crippen molar-refractivity contribution in [3.63, 3.8) is 0 Å². The Morgan fingerprint density at radius 2 is 1.94 bits per heavy atom. The summed E-state index contributed by atoms with van der Waals surface area (Å²) in [5.74, 6) is 2.19. The Labute approximate surface area is 104 Å². The molecule has 1 rings (SSSR count). The minimum absolute atomic E-state index is 0.652. The predicted molar refractivity (Wildman–Crippen MR) is 71.6 cm³/mol. The molecule has 0 aliphatic rings. The van der Waals surface area contributed by atoms with Crippen molar-refractivity contribution >= 4 is 5.69 Å². The van der Waals surface area contributed by atoms with Crippen LogP contribution in [0.3, 0.4) is 0 Å². The van der Waals surface area contributed by atoms with Crippen molar-refractivity contribution in [1.82, 2.24) is 0 Å². The topological polar surface area (TPSA) is 44.5 Å². The highest BCUT2D eigenvalue weighted by Gasteiger charge is 2.03. The molecular weight excluding hydrogens is 214 g/mol. The zero-order valence-corrected chi connectivity index (χ0v) is 11.0. The summed E-state index contributed by atoms with van der Waals surface area (Å²) in [5.41, 5.74) is 6.49. The summed E-state index contributed by atoms with van der Waals surface area (Å²) in [6.45, 7) is 7.85. The highest BCUT2D eigenvalue weighted by molar-refractivity contribution is 5.55. The number of nitrogens with two attached hydrogens (primary N) is 1. The van der Waals surface area contributed by atoms with Crippen molar-refractivity contribution in [2.75, 3.05) is 18.9 Å². The van der Waals surface area contributed by atoms with Crippen LogP contribution >= 0.6 is 0 Å². The van der Waals surface area contributed by atoms with Crippen LogP contribution < -0.4 is 15.2 Å². The second-order valence-electron chi connectivity index (χ2n) is 4.58. The predicted octanol–water partition coefficient (Wildman–Crippen LogP) is 3.48. The molecule has 2 N–H and O–H groups in total. The monoisotopic (exact) mass is 237 g/mol. The molecule has 0 atom stereocenters. The van der Waals surface area contributed by atoms with Gasteiger partial charge in [-0.25, -0.2) is 0 Å². The third-order valence-corrected chi connectivity index (χ3v) is 2.41. The Kier molecular flexibility index (Phi) is 5.67. The van der Waals surface area contributed by atoms with Gasteiger partial charge >= 0.3 is 0 Å². The first-order chi connectivity index (χ1) is 8.13. The maximum Gasteiger partial charge on any atom is 0.145 e. The summed E-state index contributed by atoms with van der Waals surface area (Å²) in [7, 11) is 0. The number of hydrogen-bond acceptors (Lipinski definition) is 3. The van der Waals surface area contributed by atoms with Gasteiger partial charge in [0.2, 0.25) is 0 Å². The second kappa shape index (κ2) is 7.05. The number of hydrogen-bond donors (Lipinski definition) is 1. The van der Waals surface area contributed by atoms with Gasteiger partial charge in [-0.15, -0.1) is 0 Å². The average Bonchev–Trinajstić information content (AvgIpc) is 2.29. The fourth-order valence-electron chi connectivity index (χ4n) is 1.35. The van der Waals surface area contributed by atoms with Gasteiger partial charge in [0.05, 0.1) is 18.9 Å². The minimum atomic E-state index is 0.652. The van der Waals surface area contributed by atoms with Gasteiger partial charge in [0, 0.05) is 6.07 Å². The van der Waals surface area contributed by atoms with E-state index in [2.05, 4.69) is 20.8 Å². The fraction of sp³-hybridized carbons (Fsp3) is 0.571. The second-order valence-corrected chi connectivity index (χ2v) is 4.58. The molecule has 0 bridgehead atoms. The number of ether oxygens (including phenoxy) is 2. The van der Waals surface area contributed by atoms with E-state index in [1.165, 1.54) is 0 Å². The maximum atomic E-state index is 5.83. The lowest BCUT2D eigenvalue weighted by molar-refractivity contribution is 0.284. The highest BCUT2D eigenvalue weighted by Crippen LogP contribution is 2.27. The summed E-state index contributed by atoms with van der Waals surface area (Å²) < 4.78 is 11.2. The van der Waals surface area contributed by atoms with Crippen LogP contribution in [0.2, 0.25) is 0 Å². The SMILES string of the molecule is CCCOc1cc(OCCC(C)C)ccc1N. The number of rotatable bonds is 7. The van der Waals surface area contributed by atoms with E-state index in [1.54, 1.807) is 0 Å². The van der Waals surface area contributed by atoms with Gasteiger partial charge in [-0.1, -0.05) is 20.8 Å². The van der Waals surface area contributed by atoms with Gasteiger partial charge < -0.3 is 15.2 Å². The molecular formula is C14H23NO2. The lowest BCUT2D eigenvalue weighted by atomic mass is 10.1. The van der Waals surface area contributed by atoms with Crippen LogP contribution in [0, 0.1) is 5.92 Å². The van der Waals surface area contributed by atoms with Crippen LogP contribution in [0.15, 0.2) is 18.2 Å². The largest absolute Gasteiger partial charge is 0.493 e. The van der Waals surface area contributed by atoms with Gasteiger partial charge in [0.25, 0.3) is 0 Å². The highest BCUT2D eigenvalue weighted by atomic mass is 16.5. The fourth-order valence-corrected chi connectivity index (χ4v) is 1.35. The zero-order valence-electron chi connectivity index (χ0n) is 11.0. The van der Waals surface area contributed by atoms with Crippen molar-refractivity contribution in [2.45, 2.75) is 33.6 Å². The summed E-state index contributed by atoms with van der Waals surface area (Å²) in [4.78, 5) is 0. The minimum Gasteiger partial charge on any atom is -0.493 e. The molecule has 0 aromatic heterocycles. The lowest BCUT2D eigenvalue weighted by Gasteiger charge is -2.12. The van der Waals surface area contributed by atoms with E-state index in [0.717, 1.165) is 25.2 Å². The van der Waals surface area contributed by atoms with E-state index in [9.17, 15) is 0 Å². The molecule has 3 heteroatoms. The van der Waals surface area contributed by atoms with Gasteiger partial charge in [0.15, 0.2) is 0 Å². The molecule has 0 amide bonds. The molecule has 0 heterocycles. The van der Waals surface area contributed by atoms with Crippen molar-refractivity contribution < 1.29 is 9.47 Å². The van der Waals surface area contributed by atoms with E-state index >= 15 is 0 Å². The summed E-state index contributed by atoms with van der Waals surface area (Å²) in [6, 6.07) is 5.58. The van der Waals surface area contributed by atoms with Crippen LogP contribution in [-0.2, 0) is 0 Å². The summed E-state index contributed by atoms with van der Waals surface area (Å²) in [6.07, 6.45) is 2.02. The molecule has 1 aromatic rings. The van der Waals surface area contributed by atoms with E-state index < -0.39 is 0 Å². The molecule has 0 saturated heterocycles. The normalized spacial score (nSPS) is 10.6. The molecule has 96 valence electrons. The van der Waals surface area contributed by atoms with Crippen LogP contribution in [0.1, 0.15) is 33.6 Å². The Hall–Kier alpha value is -1.38. The third kappa shape index (κ3) is 4.98. The van der Waals surface area contributed by atoms with Crippen LogP contribution in [0.4, 0.5) is 5.69 Å². The molecule has 0 unspecified atom stereocenters. The van der Waals surface area contributed by atoms with Crippen LogP contribution in [0.5, 0.6) is 11.5 Å². The zero-order chi connectivity index (χ0) is 12.7. The third-order valence-electron chi connectivity index (χ3n) is 2.41. The Morgan fingerprint density at radius 1 is 1.18 bits per heavy atom. The van der Waals surface area contributed by atoms with E-state index in [0.29, 0.717) is 24.0 Å². The quantitative estimate of drug-likeness (QED) is 0.738. The first-order valence-electron chi connectivity index (χ1n) is 6.28. The Morgan fingerprint density at radius 3 is 2.59 bits per heavy atom. The molecule has 0 saturated carbocycles. The number of anilines is 1. The lowest BCUT2D eigenvalue weighted by Crippen LogP contribution is -2.03. The standard InChI is InChI=1S/C14H23NO2/c1-4-8-17-14-10-12(5-6-13(14)15)16-9-7-11(2)3/h5-6,10-11H,4,7-9,15H2,1-3H3. The van der Waals surface area contributed by atoms with Gasteiger partial charge in [-0.3, -0.25) is 0 Å². The molecule has 0 aliphatic carbocycles. The average molecular weight is 237 g/mol. The smallest absolute Gasteiger partial charge is 0.145 e.